The fourth-order valence-electron chi connectivity index (χ4n) is 3.17. The second-order valence-corrected chi connectivity index (χ2v) is 7.81. The lowest BCUT2D eigenvalue weighted by molar-refractivity contribution is -0.141. The number of nitrogens with zero attached hydrogens (tertiary/aromatic N) is 1. The van der Waals surface area contributed by atoms with Crippen LogP contribution in [0.1, 0.15) is 47.3 Å². The van der Waals surface area contributed by atoms with Crippen LogP contribution in [0, 0.1) is 0 Å². The molecule has 0 aliphatic rings. The third-order valence-corrected chi connectivity index (χ3v) is 4.86. The SMILES string of the molecule is CCOC(=O)CNC(=O)NC(CCCN(C)C)c1ccc(C(=O)OCc2ccccc2)cc1. The molecule has 0 saturated heterocycles. The Kier molecular flexibility index (Phi) is 10.9. The van der Waals surface area contributed by atoms with Gasteiger partial charge >= 0.3 is 18.0 Å². The maximum absolute atomic E-state index is 12.4. The second-order valence-electron chi connectivity index (χ2n) is 7.81. The number of amides is 2. The minimum Gasteiger partial charge on any atom is -0.465 e. The number of nitrogens with one attached hydrogen (secondary N) is 2. The van der Waals surface area contributed by atoms with Crippen LogP contribution in [0.25, 0.3) is 0 Å². The molecule has 0 aliphatic carbocycles. The number of rotatable bonds is 12. The van der Waals surface area contributed by atoms with Crippen molar-refractivity contribution in [1.29, 1.82) is 0 Å². The van der Waals surface area contributed by atoms with Gasteiger partial charge in [0.1, 0.15) is 13.2 Å². The zero-order chi connectivity index (χ0) is 24.1. The number of carbonyl (C=O) groups excluding carboxylic acids is 3. The summed E-state index contributed by atoms with van der Waals surface area (Å²) in [5.41, 5.74) is 2.22. The van der Waals surface area contributed by atoms with Gasteiger partial charge in [0.25, 0.3) is 0 Å². The van der Waals surface area contributed by atoms with Crippen LogP contribution in [0.2, 0.25) is 0 Å². The monoisotopic (exact) mass is 455 g/mol. The van der Waals surface area contributed by atoms with Crippen LogP contribution in [0.4, 0.5) is 4.79 Å². The number of carbonyl (C=O) groups is 3. The minimum absolute atomic E-state index is 0.198. The molecule has 0 radical (unpaired) electrons. The molecule has 2 amide bonds. The molecule has 0 fully saturated rings. The van der Waals surface area contributed by atoms with Gasteiger partial charge in [-0.05, 0) is 63.7 Å². The van der Waals surface area contributed by atoms with Crippen LogP contribution in [0.15, 0.2) is 54.6 Å². The topological polar surface area (TPSA) is 97.0 Å². The van der Waals surface area contributed by atoms with Gasteiger partial charge in [0, 0.05) is 0 Å². The molecule has 178 valence electrons. The third-order valence-electron chi connectivity index (χ3n) is 4.86. The molecule has 0 heterocycles. The van der Waals surface area contributed by atoms with E-state index in [4.69, 9.17) is 9.47 Å². The molecule has 8 heteroatoms. The summed E-state index contributed by atoms with van der Waals surface area (Å²) in [6.45, 7) is 2.84. The summed E-state index contributed by atoms with van der Waals surface area (Å²) in [5, 5.41) is 5.43. The highest BCUT2D eigenvalue weighted by molar-refractivity contribution is 5.89. The van der Waals surface area contributed by atoms with Crippen LogP contribution < -0.4 is 10.6 Å². The van der Waals surface area contributed by atoms with Gasteiger partial charge in [-0.1, -0.05) is 42.5 Å². The largest absolute Gasteiger partial charge is 0.465 e. The lowest BCUT2D eigenvalue weighted by Gasteiger charge is -2.21. The molecular weight excluding hydrogens is 422 g/mol. The van der Waals surface area contributed by atoms with Crippen molar-refractivity contribution in [3.05, 3.63) is 71.3 Å². The molecule has 0 saturated carbocycles. The van der Waals surface area contributed by atoms with Gasteiger partial charge in [0.15, 0.2) is 0 Å². The molecule has 8 nitrogen and oxygen atoms in total. The van der Waals surface area contributed by atoms with Gasteiger partial charge < -0.3 is 25.0 Å². The van der Waals surface area contributed by atoms with Gasteiger partial charge in [-0.15, -0.1) is 0 Å². The fourth-order valence-corrected chi connectivity index (χ4v) is 3.17. The standard InChI is InChI=1S/C25H33N3O5/c1-4-32-23(29)17-26-25(31)27-22(11-8-16-28(2)3)20-12-14-21(15-13-20)24(30)33-18-19-9-6-5-7-10-19/h5-7,9-10,12-15,22H,4,8,11,16-18H2,1-3H3,(H2,26,27,31). The highest BCUT2D eigenvalue weighted by Crippen LogP contribution is 2.20. The zero-order valence-electron chi connectivity index (χ0n) is 19.5. The number of hydrogen-bond donors (Lipinski definition) is 2. The van der Waals surface area contributed by atoms with E-state index in [1.807, 2.05) is 56.6 Å². The van der Waals surface area contributed by atoms with Crippen molar-refractivity contribution in [1.82, 2.24) is 15.5 Å². The van der Waals surface area contributed by atoms with E-state index < -0.39 is 18.0 Å². The summed E-state index contributed by atoms with van der Waals surface area (Å²) in [6, 6.07) is 15.8. The van der Waals surface area contributed by atoms with E-state index in [1.165, 1.54) is 0 Å². The lowest BCUT2D eigenvalue weighted by atomic mass is 10.0. The molecule has 2 aromatic carbocycles. The predicted molar refractivity (Wildman–Crippen MR) is 126 cm³/mol. The van der Waals surface area contributed by atoms with E-state index >= 15 is 0 Å². The molecule has 2 rings (SSSR count). The Morgan fingerprint density at radius 3 is 2.30 bits per heavy atom. The van der Waals surface area contributed by atoms with Crippen molar-refractivity contribution in [3.8, 4) is 0 Å². The van der Waals surface area contributed by atoms with Gasteiger partial charge in [0.05, 0.1) is 18.2 Å². The van der Waals surface area contributed by atoms with Gasteiger partial charge in [-0.3, -0.25) is 4.79 Å². The van der Waals surface area contributed by atoms with Crippen LogP contribution >= 0.6 is 0 Å². The highest BCUT2D eigenvalue weighted by atomic mass is 16.5. The fraction of sp³-hybridized carbons (Fsp3) is 0.400. The van der Waals surface area contributed by atoms with Crippen molar-refractivity contribution in [3.63, 3.8) is 0 Å². The molecule has 0 aliphatic heterocycles. The molecule has 2 N–H and O–H groups in total. The summed E-state index contributed by atoms with van der Waals surface area (Å²) < 4.78 is 10.2. The van der Waals surface area contributed by atoms with Gasteiger partial charge in [0.2, 0.25) is 0 Å². The Labute approximate surface area is 195 Å². The van der Waals surface area contributed by atoms with E-state index in [-0.39, 0.29) is 25.8 Å². The second kappa shape index (κ2) is 13.9. The van der Waals surface area contributed by atoms with Gasteiger partial charge in [-0.2, -0.15) is 0 Å². The van der Waals surface area contributed by atoms with Crippen LogP contribution in [-0.2, 0) is 20.9 Å². The highest BCUT2D eigenvalue weighted by Gasteiger charge is 2.17. The number of urea groups is 1. The smallest absolute Gasteiger partial charge is 0.338 e. The van der Waals surface area contributed by atoms with E-state index in [9.17, 15) is 14.4 Å². The average molecular weight is 456 g/mol. The average Bonchev–Trinajstić information content (AvgIpc) is 2.81. The first-order valence-electron chi connectivity index (χ1n) is 11.0. The number of benzene rings is 2. The first kappa shape index (κ1) is 25.9. The van der Waals surface area contributed by atoms with Crippen LogP contribution in [0.5, 0.6) is 0 Å². The first-order chi connectivity index (χ1) is 15.9. The summed E-state index contributed by atoms with van der Waals surface area (Å²) in [6.07, 6.45) is 1.56. The normalized spacial score (nSPS) is 11.5. The Bertz CT molecular complexity index is 885. The number of esters is 2. The molecule has 1 atom stereocenters. The summed E-state index contributed by atoms with van der Waals surface area (Å²) >= 11 is 0. The molecule has 33 heavy (non-hydrogen) atoms. The van der Waals surface area contributed by atoms with Crippen molar-refractivity contribution in [2.75, 3.05) is 33.8 Å². The van der Waals surface area contributed by atoms with Crippen molar-refractivity contribution >= 4 is 18.0 Å². The van der Waals surface area contributed by atoms with E-state index in [2.05, 4.69) is 15.5 Å². The third kappa shape index (κ3) is 9.74. The van der Waals surface area contributed by atoms with Crippen molar-refractivity contribution in [2.45, 2.75) is 32.4 Å². The Morgan fingerprint density at radius 2 is 1.67 bits per heavy atom. The summed E-state index contributed by atoms with van der Waals surface area (Å²) in [7, 11) is 3.98. The van der Waals surface area contributed by atoms with Crippen molar-refractivity contribution < 1.29 is 23.9 Å². The number of hydrogen-bond acceptors (Lipinski definition) is 6. The van der Waals surface area contributed by atoms with Crippen LogP contribution in [-0.4, -0.2) is 56.7 Å². The molecule has 0 aromatic heterocycles. The van der Waals surface area contributed by atoms with E-state index in [1.54, 1.807) is 19.1 Å². The summed E-state index contributed by atoms with van der Waals surface area (Å²) in [5.74, 6) is -0.898. The molecule has 2 aromatic rings. The minimum atomic E-state index is -0.491. The quantitative estimate of drug-likeness (QED) is 0.477. The lowest BCUT2D eigenvalue weighted by Crippen LogP contribution is -2.41. The zero-order valence-corrected chi connectivity index (χ0v) is 19.5. The molecule has 0 spiro atoms. The number of ether oxygens (including phenoxy) is 2. The van der Waals surface area contributed by atoms with E-state index in [0.29, 0.717) is 12.0 Å². The maximum atomic E-state index is 12.4. The molecule has 0 bridgehead atoms. The maximum Gasteiger partial charge on any atom is 0.338 e. The molecule has 1 unspecified atom stereocenters. The van der Waals surface area contributed by atoms with Gasteiger partial charge in [-0.25, -0.2) is 9.59 Å². The predicted octanol–water partition coefficient (Wildman–Crippen LogP) is 3.29. The van der Waals surface area contributed by atoms with Crippen LogP contribution in [0.3, 0.4) is 0 Å². The van der Waals surface area contributed by atoms with E-state index in [0.717, 1.165) is 24.1 Å². The van der Waals surface area contributed by atoms with Crippen molar-refractivity contribution in [2.24, 2.45) is 0 Å². The Morgan fingerprint density at radius 1 is 0.970 bits per heavy atom. The Balaban J connectivity index is 1.98. The Hall–Kier alpha value is -3.39. The summed E-state index contributed by atoms with van der Waals surface area (Å²) in [4.78, 5) is 38.2. The molecular formula is C25H33N3O5. The first-order valence-corrected chi connectivity index (χ1v) is 11.0.